The van der Waals surface area contributed by atoms with Crippen LogP contribution in [0.3, 0.4) is 0 Å². The number of methoxy groups -OCH3 is 1. The molecule has 0 bridgehead atoms. The van der Waals surface area contributed by atoms with Gasteiger partial charge in [-0.05, 0) is 20.8 Å². The van der Waals surface area contributed by atoms with E-state index >= 15 is 0 Å². The fraction of sp³-hybridized carbons (Fsp3) is 0.917. The Morgan fingerprint density at radius 1 is 1.47 bits per heavy atom. The first kappa shape index (κ1) is 14.4. The molecular weight excluding hydrogens is 218 g/mol. The van der Waals surface area contributed by atoms with E-state index in [0.29, 0.717) is 6.04 Å². The normalized spacial score (nSPS) is 22.9. The number of piperazine rings is 1. The Labute approximate surface area is 104 Å². The van der Waals surface area contributed by atoms with Gasteiger partial charge in [-0.1, -0.05) is 0 Å². The standard InChI is InChI=1S/C12H25N3O2/c1-10-9-15(11(16)12(2,3)13)6-5-14(10)7-8-17-4/h10H,5-9,13H2,1-4H3. The zero-order chi connectivity index (χ0) is 13.1. The minimum absolute atomic E-state index is 0.0377. The molecule has 1 rings (SSSR count). The molecule has 1 heterocycles. The summed E-state index contributed by atoms with van der Waals surface area (Å²) in [5.74, 6) is 0.0377. The Morgan fingerprint density at radius 2 is 2.12 bits per heavy atom. The summed E-state index contributed by atoms with van der Waals surface area (Å²) in [7, 11) is 1.71. The lowest BCUT2D eigenvalue weighted by atomic mass is 10.0. The molecule has 1 fully saturated rings. The average Bonchev–Trinajstić information content (AvgIpc) is 2.25. The van der Waals surface area contributed by atoms with Gasteiger partial charge in [-0.25, -0.2) is 0 Å². The van der Waals surface area contributed by atoms with E-state index in [1.807, 2.05) is 4.90 Å². The van der Waals surface area contributed by atoms with Gasteiger partial charge in [-0.3, -0.25) is 9.69 Å². The van der Waals surface area contributed by atoms with Crippen LogP contribution in [0.1, 0.15) is 20.8 Å². The Hall–Kier alpha value is -0.650. The first-order valence-corrected chi connectivity index (χ1v) is 6.17. The van der Waals surface area contributed by atoms with Crippen LogP contribution in [0, 0.1) is 0 Å². The van der Waals surface area contributed by atoms with Gasteiger partial charge in [-0.2, -0.15) is 0 Å². The van der Waals surface area contributed by atoms with Crippen LogP contribution in [0.2, 0.25) is 0 Å². The zero-order valence-electron chi connectivity index (χ0n) is 11.4. The maximum Gasteiger partial charge on any atom is 0.242 e. The van der Waals surface area contributed by atoms with Crippen molar-refractivity contribution in [3.8, 4) is 0 Å². The molecule has 0 aliphatic carbocycles. The molecule has 1 unspecified atom stereocenters. The van der Waals surface area contributed by atoms with E-state index in [-0.39, 0.29) is 5.91 Å². The maximum atomic E-state index is 12.0. The summed E-state index contributed by atoms with van der Waals surface area (Å²) in [6.07, 6.45) is 0. The van der Waals surface area contributed by atoms with Crippen LogP contribution in [0.5, 0.6) is 0 Å². The lowest BCUT2D eigenvalue weighted by Gasteiger charge is -2.41. The molecule has 17 heavy (non-hydrogen) atoms. The fourth-order valence-corrected chi connectivity index (χ4v) is 2.13. The molecular formula is C12H25N3O2. The fourth-order valence-electron chi connectivity index (χ4n) is 2.13. The second kappa shape index (κ2) is 5.80. The topological polar surface area (TPSA) is 58.8 Å². The molecule has 0 aromatic carbocycles. The zero-order valence-corrected chi connectivity index (χ0v) is 11.4. The lowest BCUT2D eigenvalue weighted by molar-refractivity contribution is -0.138. The third-order valence-electron chi connectivity index (χ3n) is 3.19. The van der Waals surface area contributed by atoms with Crippen molar-refractivity contribution in [1.29, 1.82) is 0 Å². The van der Waals surface area contributed by atoms with Crippen molar-refractivity contribution in [1.82, 2.24) is 9.80 Å². The highest BCUT2D eigenvalue weighted by molar-refractivity contribution is 5.85. The third-order valence-corrected chi connectivity index (χ3v) is 3.19. The second-order valence-electron chi connectivity index (χ2n) is 5.35. The molecule has 0 aromatic heterocycles. The van der Waals surface area contributed by atoms with E-state index in [1.54, 1.807) is 21.0 Å². The summed E-state index contributed by atoms with van der Waals surface area (Å²) in [6, 6.07) is 0.366. The number of ether oxygens (including phenoxy) is 1. The summed E-state index contributed by atoms with van der Waals surface area (Å²) in [5, 5.41) is 0. The first-order valence-electron chi connectivity index (χ1n) is 6.17. The van der Waals surface area contributed by atoms with Gasteiger partial charge in [0.05, 0.1) is 12.1 Å². The summed E-state index contributed by atoms with van der Waals surface area (Å²) >= 11 is 0. The van der Waals surface area contributed by atoms with Crippen molar-refractivity contribution in [3.05, 3.63) is 0 Å². The van der Waals surface area contributed by atoms with Gasteiger partial charge in [0.1, 0.15) is 0 Å². The van der Waals surface area contributed by atoms with E-state index < -0.39 is 5.54 Å². The van der Waals surface area contributed by atoms with Gasteiger partial charge in [-0.15, -0.1) is 0 Å². The smallest absolute Gasteiger partial charge is 0.242 e. The highest BCUT2D eigenvalue weighted by Gasteiger charge is 2.32. The molecule has 1 atom stereocenters. The average molecular weight is 243 g/mol. The SMILES string of the molecule is COCCN1CCN(C(=O)C(C)(C)N)CC1C. The molecule has 0 aromatic rings. The van der Waals surface area contributed by atoms with E-state index in [1.165, 1.54) is 0 Å². The minimum atomic E-state index is -0.769. The summed E-state index contributed by atoms with van der Waals surface area (Å²) in [5.41, 5.74) is 5.08. The monoisotopic (exact) mass is 243 g/mol. The molecule has 0 radical (unpaired) electrons. The molecule has 1 saturated heterocycles. The lowest BCUT2D eigenvalue weighted by Crippen LogP contribution is -2.59. The number of nitrogens with zero attached hydrogens (tertiary/aromatic N) is 2. The molecule has 1 amide bonds. The van der Waals surface area contributed by atoms with Crippen LogP contribution in [-0.2, 0) is 9.53 Å². The Balaban J connectivity index is 2.49. The van der Waals surface area contributed by atoms with Crippen molar-refractivity contribution >= 4 is 5.91 Å². The minimum Gasteiger partial charge on any atom is -0.383 e. The summed E-state index contributed by atoms with van der Waals surface area (Å²) in [6.45, 7) is 9.72. The van der Waals surface area contributed by atoms with Gasteiger partial charge in [0.2, 0.25) is 5.91 Å². The van der Waals surface area contributed by atoms with Crippen LogP contribution in [0.25, 0.3) is 0 Å². The Kier molecular flexibility index (Phi) is 4.91. The first-order chi connectivity index (χ1) is 7.86. The van der Waals surface area contributed by atoms with Crippen LogP contribution in [0.4, 0.5) is 0 Å². The van der Waals surface area contributed by atoms with E-state index in [4.69, 9.17) is 10.5 Å². The Bertz CT molecular complexity index is 263. The van der Waals surface area contributed by atoms with Crippen molar-refractivity contribution < 1.29 is 9.53 Å². The van der Waals surface area contributed by atoms with Gasteiger partial charge < -0.3 is 15.4 Å². The third kappa shape index (κ3) is 3.94. The number of hydrogen-bond acceptors (Lipinski definition) is 4. The number of amides is 1. The van der Waals surface area contributed by atoms with Crippen molar-refractivity contribution in [3.63, 3.8) is 0 Å². The highest BCUT2D eigenvalue weighted by atomic mass is 16.5. The molecule has 2 N–H and O–H groups in total. The number of rotatable bonds is 4. The largest absolute Gasteiger partial charge is 0.383 e. The van der Waals surface area contributed by atoms with Crippen LogP contribution in [0.15, 0.2) is 0 Å². The predicted octanol–water partition coefficient (Wildman–Crippen LogP) is -0.0972. The highest BCUT2D eigenvalue weighted by Crippen LogP contribution is 2.13. The quantitative estimate of drug-likeness (QED) is 0.749. The van der Waals surface area contributed by atoms with E-state index in [2.05, 4.69) is 11.8 Å². The molecule has 1 aliphatic heterocycles. The van der Waals surface area contributed by atoms with Crippen LogP contribution < -0.4 is 5.73 Å². The Morgan fingerprint density at radius 3 is 2.59 bits per heavy atom. The van der Waals surface area contributed by atoms with E-state index in [0.717, 1.165) is 32.8 Å². The molecule has 1 aliphatic rings. The summed E-state index contributed by atoms with van der Waals surface area (Å²) < 4.78 is 5.08. The van der Waals surface area contributed by atoms with Crippen molar-refractivity contribution in [2.75, 3.05) is 39.9 Å². The molecule has 5 heteroatoms. The summed E-state index contributed by atoms with van der Waals surface area (Å²) in [4.78, 5) is 16.3. The number of hydrogen-bond donors (Lipinski definition) is 1. The molecule has 100 valence electrons. The van der Waals surface area contributed by atoms with Gasteiger partial charge in [0, 0.05) is 39.3 Å². The van der Waals surface area contributed by atoms with Crippen LogP contribution in [-0.4, -0.2) is 67.2 Å². The van der Waals surface area contributed by atoms with Gasteiger partial charge in [0.15, 0.2) is 0 Å². The predicted molar refractivity (Wildman–Crippen MR) is 67.8 cm³/mol. The van der Waals surface area contributed by atoms with Gasteiger partial charge in [0.25, 0.3) is 0 Å². The van der Waals surface area contributed by atoms with Crippen molar-refractivity contribution in [2.45, 2.75) is 32.4 Å². The van der Waals surface area contributed by atoms with Gasteiger partial charge >= 0.3 is 0 Å². The van der Waals surface area contributed by atoms with Crippen molar-refractivity contribution in [2.24, 2.45) is 5.73 Å². The molecule has 5 nitrogen and oxygen atoms in total. The second-order valence-corrected chi connectivity index (χ2v) is 5.35. The number of carbonyl (C=O) groups excluding carboxylic acids is 1. The molecule has 0 spiro atoms. The maximum absolute atomic E-state index is 12.0. The number of nitrogens with two attached hydrogens (primary N) is 1. The van der Waals surface area contributed by atoms with Crippen LogP contribution >= 0.6 is 0 Å². The molecule has 0 saturated carbocycles. The van der Waals surface area contributed by atoms with E-state index in [9.17, 15) is 4.79 Å². The number of carbonyl (C=O) groups is 1.